The van der Waals surface area contributed by atoms with Gasteiger partial charge in [0.2, 0.25) is 0 Å². The molecule has 1 unspecified atom stereocenters. The molecule has 0 radical (unpaired) electrons. The van der Waals surface area contributed by atoms with Gasteiger partial charge in [-0.05, 0) is 32.1 Å². The molecule has 1 fully saturated rings. The van der Waals surface area contributed by atoms with Crippen molar-refractivity contribution in [3.63, 3.8) is 0 Å². The van der Waals surface area contributed by atoms with Crippen LogP contribution in [0.3, 0.4) is 0 Å². The van der Waals surface area contributed by atoms with E-state index in [4.69, 9.17) is 0 Å². The zero-order valence-corrected chi connectivity index (χ0v) is 8.16. The maximum atomic E-state index is 11.4. The summed E-state index contributed by atoms with van der Waals surface area (Å²) in [6, 6.07) is 0. The summed E-state index contributed by atoms with van der Waals surface area (Å²) in [6.07, 6.45) is 7.40. The summed E-state index contributed by atoms with van der Waals surface area (Å²) in [4.78, 5) is 0. The van der Waals surface area contributed by atoms with E-state index in [1.807, 2.05) is 0 Å². The fourth-order valence-electron chi connectivity index (χ4n) is 1.29. The lowest BCUT2D eigenvalue weighted by molar-refractivity contribution is 0.475. The van der Waals surface area contributed by atoms with E-state index in [9.17, 15) is 4.55 Å². The first-order valence-corrected chi connectivity index (χ1v) is 6.10. The maximum Gasteiger partial charge on any atom is 0.115 e. The zero-order valence-electron chi connectivity index (χ0n) is 7.34. The molecule has 1 nitrogen and oxygen atoms in total. The Morgan fingerprint density at radius 1 is 1.36 bits per heavy atom. The second-order valence-electron chi connectivity index (χ2n) is 3.34. The summed E-state index contributed by atoms with van der Waals surface area (Å²) in [5.74, 6) is 0.957. The number of hydrogen-bond donors (Lipinski definition) is 0. The SMILES string of the molecule is CCCCC[S+]([O-])C1CCC1. The van der Waals surface area contributed by atoms with Crippen LogP contribution in [0.5, 0.6) is 0 Å². The molecule has 1 saturated carbocycles. The Kier molecular flexibility index (Phi) is 4.31. The van der Waals surface area contributed by atoms with Crippen LogP contribution in [0.1, 0.15) is 45.4 Å². The monoisotopic (exact) mass is 174 g/mol. The van der Waals surface area contributed by atoms with Crippen LogP contribution < -0.4 is 0 Å². The van der Waals surface area contributed by atoms with Crippen LogP contribution in [-0.4, -0.2) is 15.6 Å². The summed E-state index contributed by atoms with van der Waals surface area (Å²) in [6.45, 7) is 2.19. The Labute approximate surface area is 72.7 Å². The normalized spacial score (nSPS) is 21.3. The summed E-state index contributed by atoms with van der Waals surface area (Å²) in [5.41, 5.74) is 0. The molecule has 0 amide bonds. The van der Waals surface area contributed by atoms with E-state index in [2.05, 4.69) is 6.92 Å². The van der Waals surface area contributed by atoms with Crippen molar-refractivity contribution < 1.29 is 4.55 Å². The topological polar surface area (TPSA) is 23.1 Å². The summed E-state index contributed by atoms with van der Waals surface area (Å²) in [7, 11) is 0. The lowest BCUT2D eigenvalue weighted by Gasteiger charge is -2.28. The average Bonchev–Trinajstić information content (AvgIpc) is 1.84. The molecule has 1 rings (SSSR count). The first-order valence-electron chi connectivity index (χ1n) is 4.71. The van der Waals surface area contributed by atoms with Crippen LogP contribution in [0.4, 0.5) is 0 Å². The third kappa shape index (κ3) is 3.04. The van der Waals surface area contributed by atoms with Crippen molar-refractivity contribution in [2.75, 3.05) is 5.75 Å². The third-order valence-electron chi connectivity index (χ3n) is 2.37. The van der Waals surface area contributed by atoms with Gasteiger partial charge in [0.1, 0.15) is 11.0 Å². The molecule has 1 aliphatic carbocycles. The molecule has 66 valence electrons. The number of rotatable bonds is 5. The highest BCUT2D eigenvalue weighted by Gasteiger charge is 2.28. The highest BCUT2D eigenvalue weighted by atomic mass is 32.2. The van der Waals surface area contributed by atoms with E-state index < -0.39 is 11.2 Å². The molecule has 0 spiro atoms. The van der Waals surface area contributed by atoms with Crippen LogP contribution >= 0.6 is 0 Å². The minimum absolute atomic E-state index is 0.479. The van der Waals surface area contributed by atoms with Gasteiger partial charge in [-0.15, -0.1) is 0 Å². The molecule has 2 heteroatoms. The standard InChI is InChI=1S/C9H18OS/c1-2-3-4-8-11(10)9-6-5-7-9/h9H,2-8H2,1H3. The van der Waals surface area contributed by atoms with Crippen molar-refractivity contribution in [2.45, 2.75) is 50.7 Å². The van der Waals surface area contributed by atoms with Crippen molar-refractivity contribution >= 4 is 11.2 Å². The fourth-order valence-corrected chi connectivity index (χ4v) is 2.98. The van der Waals surface area contributed by atoms with Crippen molar-refractivity contribution in [1.29, 1.82) is 0 Å². The van der Waals surface area contributed by atoms with Gasteiger partial charge in [0.15, 0.2) is 0 Å². The van der Waals surface area contributed by atoms with Gasteiger partial charge in [-0.25, -0.2) is 0 Å². The number of unbranched alkanes of at least 4 members (excludes halogenated alkanes) is 2. The van der Waals surface area contributed by atoms with Gasteiger partial charge in [-0.1, -0.05) is 24.5 Å². The van der Waals surface area contributed by atoms with E-state index in [1.165, 1.54) is 38.5 Å². The molecule has 0 heterocycles. The van der Waals surface area contributed by atoms with Crippen molar-refractivity contribution in [1.82, 2.24) is 0 Å². The molecule has 11 heavy (non-hydrogen) atoms. The lowest BCUT2D eigenvalue weighted by atomic mass is 10.00. The molecular formula is C9H18OS. The fraction of sp³-hybridized carbons (Fsp3) is 1.00. The van der Waals surface area contributed by atoms with Gasteiger partial charge in [-0.3, -0.25) is 0 Å². The Morgan fingerprint density at radius 2 is 2.09 bits per heavy atom. The Bertz CT molecular complexity index is 102. The smallest absolute Gasteiger partial charge is 0.115 e. The third-order valence-corrected chi connectivity index (χ3v) is 4.28. The van der Waals surface area contributed by atoms with E-state index in [1.54, 1.807) is 0 Å². The zero-order chi connectivity index (χ0) is 8.10. The molecule has 0 aromatic rings. The van der Waals surface area contributed by atoms with E-state index in [0.717, 1.165) is 5.75 Å². The molecule has 1 atom stereocenters. The Balaban J connectivity index is 1.96. The van der Waals surface area contributed by atoms with Crippen LogP contribution in [0.15, 0.2) is 0 Å². The van der Waals surface area contributed by atoms with E-state index in [0.29, 0.717) is 5.25 Å². The second-order valence-corrected chi connectivity index (χ2v) is 5.18. The van der Waals surface area contributed by atoms with Crippen LogP contribution in [0.25, 0.3) is 0 Å². The quantitative estimate of drug-likeness (QED) is 0.464. The van der Waals surface area contributed by atoms with Gasteiger partial charge in [0.25, 0.3) is 0 Å². The van der Waals surface area contributed by atoms with Crippen LogP contribution in [0.2, 0.25) is 0 Å². The van der Waals surface area contributed by atoms with Gasteiger partial charge in [0, 0.05) is 0 Å². The lowest BCUT2D eigenvalue weighted by Crippen LogP contribution is -2.30. The van der Waals surface area contributed by atoms with Gasteiger partial charge >= 0.3 is 0 Å². The van der Waals surface area contributed by atoms with Crippen LogP contribution in [-0.2, 0) is 11.2 Å². The minimum atomic E-state index is -0.479. The van der Waals surface area contributed by atoms with Gasteiger partial charge in [-0.2, -0.15) is 0 Å². The first-order chi connectivity index (χ1) is 5.34. The van der Waals surface area contributed by atoms with Crippen molar-refractivity contribution in [2.24, 2.45) is 0 Å². The first kappa shape index (κ1) is 9.40. The predicted octanol–water partition coefficient (Wildman–Crippen LogP) is 2.48. The van der Waals surface area contributed by atoms with Crippen molar-refractivity contribution in [3.05, 3.63) is 0 Å². The summed E-state index contributed by atoms with van der Waals surface area (Å²) in [5, 5.41) is 0.576. The van der Waals surface area contributed by atoms with Crippen LogP contribution in [0, 0.1) is 0 Å². The van der Waals surface area contributed by atoms with Crippen molar-refractivity contribution in [3.8, 4) is 0 Å². The predicted molar refractivity (Wildman–Crippen MR) is 50.2 cm³/mol. The molecule has 0 aromatic carbocycles. The summed E-state index contributed by atoms with van der Waals surface area (Å²) >= 11 is -0.479. The molecule has 0 aromatic heterocycles. The highest BCUT2D eigenvalue weighted by Crippen LogP contribution is 2.27. The van der Waals surface area contributed by atoms with Gasteiger partial charge in [0.05, 0.1) is 0 Å². The van der Waals surface area contributed by atoms with Gasteiger partial charge < -0.3 is 4.55 Å². The highest BCUT2D eigenvalue weighted by molar-refractivity contribution is 7.92. The Hall–Kier alpha value is 0.310. The Morgan fingerprint density at radius 3 is 2.55 bits per heavy atom. The second kappa shape index (κ2) is 5.04. The summed E-state index contributed by atoms with van der Waals surface area (Å²) < 4.78 is 11.4. The van der Waals surface area contributed by atoms with E-state index >= 15 is 0 Å². The average molecular weight is 174 g/mol. The minimum Gasteiger partial charge on any atom is -0.616 e. The molecule has 1 aliphatic rings. The molecule has 0 bridgehead atoms. The maximum absolute atomic E-state index is 11.4. The largest absolute Gasteiger partial charge is 0.616 e. The number of hydrogen-bond acceptors (Lipinski definition) is 1. The molecular weight excluding hydrogens is 156 g/mol. The van der Waals surface area contributed by atoms with E-state index in [-0.39, 0.29) is 0 Å². The molecule has 0 N–H and O–H groups in total. The molecule has 0 aliphatic heterocycles. The molecule has 0 saturated heterocycles.